The number of aryl methyl sites for hydroxylation is 1. The number of aromatic carboxylic acids is 1. The summed E-state index contributed by atoms with van der Waals surface area (Å²) in [6.45, 7) is 7.17. The standard InChI is InChI=1S/C25H26FN3O4S.C2HF3O2/c1-17-4-3-5-24(18(17)2)29-14-12-28(13-15-29)20-8-11-23(22(16-20)25(30)31)27-34(32,33)21-9-6-19(26)7-10-21;3-2(4,5)1(6)7/h3-11,16,27H,12-15H2,1-2H3,(H,30,31);(H,6,7). The largest absolute Gasteiger partial charge is 0.490 e. The molecular weight excluding hydrogens is 570 g/mol. The van der Waals surface area contributed by atoms with Crippen molar-refractivity contribution in [3.8, 4) is 0 Å². The molecular formula is C27H27F4N3O6S. The van der Waals surface area contributed by atoms with Gasteiger partial charge in [-0.2, -0.15) is 13.2 Å². The van der Waals surface area contributed by atoms with E-state index in [-0.39, 0.29) is 16.1 Å². The Balaban J connectivity index is 0.000000587. The third-order valence-electron chi connectivity index (χ3n) is 6.41. The molecule has 0 radical (unpaired) electrons. The van der Waals surface area contributed by atoms with E-state index < -0.39 is 34.0 Å². The van der Waals surface area contributed by atoms with Crippen molar-refractivity contribution in [2.24, 2.45) is 0 Å². The molecule has 3 aromatic carbocycles. The van der Waals surface area contributed by atoms with E-state index in [2.05, 4.69) is 46.6 Å². The molecule has 0 saturated carbocycles. The number of nitrogens with one attached hydrogen (secondary N) is 1. The number of carbonyl (C=O) groups is 2. The van der Waals surface area contributed by atoms with Crippen molar-refractivity contribution in [1.29, 1.82) is 0 Å². The Bertz CT molecular complexity index is 1520. The van der Waals surface area contributed by atoms with E-state index in [9.17, 15) is 35.9 Å². The first-order valence-corrected chi connectivity index (χ1v) is 13.6. The number of aliphatic carboxylic acids is 1. The lowest BCUT2D eigenvalue weighted by Gasteiger charge is -2.38. The maximum Gasteiger partial charge on any atom is 0.490 e. The Morgan fingerprint density at radius 2 is 1.44 bits per heavy atom. The minimum absolute atomic E-state index is 0.0467. The van der Waals surface area contributed by atoms with Gasteiger partial charge in [-0.3, -0.25) is 4.72 Å². The molecule has 220 valence electrons. The van der Waals surface area contributed by atoms with Crippen LogP contribution in [0.5, 0.6) is 0 Å². The van der Waals surface area contributed by atoms with Crippen molar-refractivity contribution in [3.05, 3.63) is 83.2 Å². The highest BCUT2D eigenvalue weighted by atomic mass is 32.2. The molecule has 1 fully saturated rings. The van der Waals surface area contributed by atoms with Gasteiger partial charge in [-0.05, 0) is 73.5 Å². The van der Waals surface area contributed by atoms with Crippen LogP contribution < -0.4 is 14.5 Å². The molecule has 0 aliphatic carbocycles. The summed E-state index contributed by atoms with van der Waals surface area (Å²) in [5.41, 5.74) is 4.21. The zero-order valence-corrected chi connectivity index (χ0v) is 22.8. The van der Waals surface area contributed by atoms with E-state index in [1.54, 1.807) is 6.07 Å². The lowest BCUT2D eigenvalue weighted by molar-refractivity contribution is -0.192. The fourth-order valence-corrected chi connectivity index (χ4v) is 5.18. The molecule has 4 rings (SSSR count). The average molecular weight is 598 g/mol. The minimum atomic E-state index is -5.08. The first-order valence-electron chi connectivity index (χ1n) is 12.1. The van der Waals surface area contributed by atoms with Crippen molar-refractivity contribution in [1.82, 2.24) is 0 Å². The number of alkyl halides is 3. The number of nitrogens with zero attached hydrogens (tertiary/aromatic N) is 2. The molecule has 41 heavy (non-hydrogen) atoms. The van der Waals surface area contributed by atoms with Crippen LogP contribution in [-0.2, 0) is 14.8 Å². The van der Waals surface area contributed by atoms with Gasteiger partial charge in [0, 0.05) is 37.6 Å². The van der Waals surface area contributed by atoms with Gasteiger partial charge in [-0.15, -0.1) is 0 Å². The third-order valence-corrected chi connectivity index (χ3v) is 7.79. The summed E-state index contributed by atoms with van der Waals surface area (Å²) >= 11 is 0. The predicted molar refractivity (Wildman–Crippen MR) is 145 cm³/mol. The second-order valence-electron chi connectivity index (χ2n) is 9.09. The fourth-order valence-electron chi connectivity index (χ4n) is 4.10. The van der Waals surface area contributed by atoms with Gasteiger partial charge in [0.25, 0.3) is 10.0 Å². The average Bonchev–Trinajstić information content (AvgIpc) is 2.90. The summed E-state index contributed by atoms with van der Waals surface area (Å²) in [5, 5.41) is 16.9. The van der Waals surface area contributed by atoms with E-state index in [0.29, 0.717) is 18.8 Å². The summed E-state index contributed by atoms with van der Waals surface area (Å²) in [6.07, 6.45) is -5.08. The quantitative estimate of drug-likeness (QED) is 0.343. The summed E-state index contributed by atoms with van der Waals surface area (Å²) in [6, 6.07) is 15.2. The van der Waals surface area contributed by atoms with Gasteiger partial charge in [-0.25, -0.2) is 22.4 Å². The van der Waals surface area contributed by atoms with E-state index in [1.807, 2.05) is 0 Å². The molecule has 0 bridgehead atoms. The van der Waals surface area contributed by atoms with Crippen molar-refractivity contribution >= 4 is 39.0 Å². The zero-order valence-electron chi connectivity index (χ0n) is 21.9. The second kappa shape index (κ2) is 12.5. The fraction of sp³-hybridized carbons (Fsp3) is 0.259. The molecule has 1 aliphatic rings. The zero-order chi connectivity index (χ0) is 30.5. The number of hydrogen-bond donors (Lipinski definition) is 3. The topological polar surface area (TPSA) is 127 Å². The van der Waals surface area contributed by atoms with E-state index in [1.165, 1.54) is 28.9 Å². The molecule has 0 spiro atoms. The molecule has 0 amide bonds. The number of piperazine rings is 1. The normalized spacial score (nSPS) is 13.7. The highest BCUT2D eigenvalue weighted by Gasteiger charge is 2.38. The summed E-state index contributed by atoms with van der Waals surface area (Å²) in [5.74, 6) is -4.56. The molecule has 3 N–H and O–H groups in total. The maximum atomic E-state index is 13.2. The molecule has 0 aromatic heterocycles. The van der Waals surface area contributed by atoms with E-state index in [0.717, 1.165) is 37.4 Å². The number of carboxylic acid groups (broad SMARTS) is 2. The lowest BCUT2D eigenvalue weighted by Crippen LogP contribution is -2.46. The van der Waals surface area contributed by atoms with Crippen LogP contribution in [0.25, 0.3) is 0 Å². The molecule has 1 saturated heterocycles. The van der Waals surface area contributed by atoms with Gasteiger partial charge < -0.3 is 20.0 Å². The second-order valence-corrected chi connectivity index (χ2v) is 10.8. The van der Waals surface area contributed by atoms with Crippen LogP contribution in [0.3, 0.4) is 0 Å². The van der Waals surface area contributed by atoms with Crippen molar-refractivity contribution < 1.29 is 45.8 Å². The Morgan fingerprint density at radius 1 is 0.878 bits per heavy atom. The summed E-state index contributed by atoms with van der Waals surface area (Å²) < 4.78 is 72.5. The molecule has 9 nitrogen and oxygen atoms in total. The van der Waals surface area contributed by atoms with Crippen LogP contribution in [-0.4, -0.2) is 62.9 Å². The molecule has 1 heterocycles. The van der Waals surface area contributed by atoms with Gasteiger partial charge in [0.15, 0.2) is 0 Å². The lowest BCUT2D eigenvalue weighted by atomic mass is 10.1. The minimum Gasteiger partial charge on any atom is -0.478 e. The summed E-state index contributed by atoms with van der Waals surface area (Å²) in [4.78, 5) is 25.1. The number of sulfonamides is 1. The van der Waals surface area contributed by atoms with Crippen molar-refractivity contribution in [2.75, 3.05) is 40.7 Å². The van der Waals surface area contributed by atoms with E-state index in [4.69, 9.17) is 9.90 Å². The molecule has 0 atom stereocenters. The Hall–Kier alpha value is -4.33. The molecule has 1 aliphatic heterocycles. The van der Waals surface area contributed by atoms with Crippen LogP contribution in [0.4, 0.5) is 34.6 Å². The van der Waals surface area contributed by atoms with Crippen LogP contribution in [0.2, 0.25) is 0 Å². The van der Waals surface area contributed by atoms with Crippen LogP contribution in [0.15, 0.2) is 65.6 Å². The van der Waals surface area contributed by atoms with Crippen molar-refractivity contribution in [2.45, 2.75) is 24.9 Å². The Labute approximate surface area is 233 Å². The molecule has 14 heteroatoms. The predicted octanol–water partition coefficient (Wildman–Crippen LogP) is 4.90. The number of anilines is 3. The highest BCUT2D eigenvalue weighted by molar-refractivity contribution is 7.92. The van der Waals surface area contributed by atoms with Gasteiger partial charge in [0.2, 0.25) is 0 Å². The third kappa shape index (κ3) is 7.87. The summed E-state index contributed by atoms with van der Waals surface area (Å²) in [7, 11) is -4.07. The number of carboxylic acids is 2. The first kappa shape index (κ1) is 31.2. The van der Waals surface area contributed by atoms with Crippen LogP contribution in [0.1, 0.15) is 21.5 Å². The number of hydrogen-bond acceptors (Lipinski definition) is 6. The SMILES string of the molecule is Cc1cccc(N2CCN(c3ccc(NS(=O)(=O)c4ccc(F)cc4)c(C(=O)O)c3)CC2)c1C.O=C(O)C(F)(F)F. The smallest absolute Gasteiger partial charge is 0.478 e. The first-order chi connectivity index (χ1) is 19.1. The highest BCUT2D eigenvalue weighted by Crippen LogP contribution is 2.29. The van der Waals surface area contributed by atoms with Gasteiger partial charge in [0.05, 0.1) is 16.1 Å². The number of rotatable bonds is 6. The number of benzene rings is 3. The van der Waals surface area contributed by atoms with Crippen LogP contribution in [0, 0.1) is 19.7 Å². The molecule has 3 aromatic rings. The molecule has 0 unspecified atom stereocenters. The Morgan fingerprint density at radius 3 is 1.98 bits per heavy atom. The number of halogens is 4. The van der Waals surface area contributed by atoms with E-state index >= 15 is 0 Å². The van der Waals surface area contributed by atoms with Gasteiger partial charge in [0.1, 0.15) is 5.82 Å². The van der Waals surface area contributed by atoms with Crippen molar-refractivity contribution in [3.63, 3.8) is 0 Å². The van der Waals surface area contributed by atoms with Gasteiger partial charge in [-0.1, -0.05) is 12.1 Å². The maximum absolute atomic E-state index is 13.2. The Kier molecular flexibility index (Phi) is 9.48. The van der Waals surface area contributed by atoms with Crippen LogP contribution >= 0.6 is 0 Å². The van der Waals surface area contributed by atoms with Gasteiger partial charge >= 0.3 is 18.1 Å². The monoisotopic (exact) mass is 597 g/mol.